The van der Waals surface area contributed by atoms with E-state index in [4.69, 9.17) is 0 Å². The molecule has 19 heavy (non-hydrogen) atoms. The van der Waals surface area contributed by atoms with Crippen LogP contribution in [0.4, 0.5) is 22.0 Å². The topological polar surface area (TPSA) is 60.4 Å². The van der Waals surface area contributed by atoms with Gasteiger partial charge in [0.05, 0.1) is 0 Å². The van der Waals surface area contributed by atoms with E-state index < -0.39 is 39.1 Å². The van der Waals surface area contributed by atoms with E-state index in [9.17, 15) is 35.2 Å². The summed E-state index contributed by atoms with van der Waals surface area (Å²) in [7, 11) is -5.83. The summed E-state index contributed by atoms with van der Waals surface area (Å²) < 4.78 is 84.9. The predicted molar refractivity (Wildman–Crippen MR) is 52.4 cm³/mol. The number of halogens is 5. The number of hydrogen-bond acceptors (Lipinski definition) is 4. The minimum atomic E-state index is -5.83. The molecule has 106 valence electrons. The Balaban J connectivity index is 2.93. The molecular weight excluding hydrogens is 299 g/mol. The van der Waals surface area contributed by atoms with Crippen LogP contribution < -0.4 is 4.18 Å². The molecular formula is C9H5F5O4S. The predicted octanol–water partition coefficient (Wildman–Crippen LogP) is 2.36. The first-order chi connectivity index (χ1) is 8.54. The van der Waals surface area contributed by atoms with Gasteiger partial charge in [-0.25, -0.2) is 8.78 Å². The molecule has 0 aromatic heterocycles. The average Bonchev–Trinajstić information content (AvgIpc) is 2.27. The lowest BCUT2D eigenvalue weighted by atomic mass is 10.1. The highest BCUT2D eigenvalue weighted by Crippen LogP contribution is 2.27. The summed E-state index contributed by atoms with van der Waals surface area (Å²) >= 11 is 0. The van der Waals surface area contributed by atoms with Crippen molar-refractivity contribution in [3.05, 3.63) is 29.8 Å². The van der Waals surface area contributed by atoms with E-state index in [1.807, 2.05) is 0 Å². The minimum absolute atomic E-state index is 0.480. The highest BCUT2D eigenvalue weighted by Gasteiger charge is 2.48. The largest absolute Gasteiger partial charge is 0.534 e. The molecule has 0 heterocycles. The zero-order chi connectivity index (χ0) is 14.8. The molecule has 0 atom stereocenters. The molecule has 0 N–H and O–H groups in total. The molecule has 4 nitrogen and oxygen atoms in total. The second kappa shape index (κ2) is 5.11. The molecule has 0 aliphatic rings. The highest BCUT2D eigenvalue weighted by molar-refractivity contribution is 7.87. The zero-order valence-corrected chi connectivity index (χ0v) is 9.63. The van der Waals surface area contributed by atoms with Gasteiger partial charge in [0.15, 0.2) is 0 Å². The summed E-state index contributed by atoms with van der Waals surface area (Å²) in [5.41, 5.74) is -6.09. The van der Waals surface area contributed by atoms with E-state index in [1.165, 1.54) is 0 Å². The van der Waals surface area contributed by atoms with Crippen LogP contribution >= 0.6 is 0 Å². The molecule has 1 rings (SSSR count). The fourth-order valence-corrected chi connectivity index (χ4v) is 1.43. The van der Waals surface area contributed by atoms with Gasteiger partial charge >= 0.3 is 22.1 Å². The van der Waals surface area contributed by atoms with Crippen molar-refractivity contribution in [1.82, 2.24) is 0 Å². The summed E-state index contributed by atoms with van der Waals surface area (Å²) in [5.74, 6) is -2.28. The second-order valence-electron chi connectivity index (χ2n) is 3.17. The molecule has 1 aromatic carbocycles. The normalized spacial score (nSPS) is 12.5. The lowest BCUT2D eigenvalue weighted by Crippen LogP contribution is -2.28. The highest BCUT2D eigenvalue weighted by atomic mass is 32.2. The second-order valence-corrected chi connectivity index (χ2v) is 4.71. The van der Waals surface area contributed by atoms with E-state index in [0.29, 0.717) is 12.1 Å². The molecule has 0 aliphatic heterocycles. The van der Waals surface area contributed by atoms with Crippen molar-refractivity contribution in [2.45, 2.75) is 11.9 Å². The van der Waals surface area contributed by atoms with Crippen molar-refractivity contribution >= 4 is 15.9 Å². The molecule has 0 saturated carbocycles. The fraction of sp³-hybridized carbons (Fsp3) is 0.222. The fourth-order valence-electron chi connectivity index (χ4n) is 0.975. The van der Waals surface area contributed by atoms with Crippen LogP contribution in [0.5, 0.6) is 5.75 Å². The number of benzene rings is 1. The summed E-state index contributed by atoms with van der Waals surface area (Å²) in [5, 5.41) is 0. The van der Waals surface area contributed by atoms with Crippen LogP contribution in [0.15, 0.2) is 24.3 Å². The number of Topliss-reactive ketones (excluding diaryl/α,β-unsaturated/α-hetero) is 1. The maximum atomic E-state index is 12.0. The van der Waals surface area contributed by atoms with Crippen molar-refractivity contribution < 1.29 is 39.3 Å². The van der Waals surface area contributed by atoms with E-state index >= 15 is 0 Å². The molecule has 0 radical (unpaired) electrons. The summed E-state index contributed by atoms with van der Waals surface area (Å²) in [6.45, 7) is 0. The van der Waals surface area contributed by atoms with Gasteiger partial charge in [-0.1, -0.05) is 0 Å². The lowest BCUT2D eigenvalue weighted by molar-refractivity contribution is -0.0500. The number of rotatable bonds is 4. The number of hydrogen-bond donors (Lipinski definition) is 0. The number of alkyl halides is 5. The molecule has 0 aliphatic carbocycles. The first kappa shape index (κ1) is 15.3. The Bertz CT molecular complexity index is 561. The third kappa shape index (κ3) is 3.63. The van der Waals surface area contributed by atoms with Crippen molar-refractivity contribution in [3.8, 4) is 5.75 Å². The van der Waals surface area contributed by atoms with E-state index in [0.717, 1.165) is 12.1 Å². The average molecular weight is 304 g/mol. The third-order valence-corrected chi connectivity index (χ3v) is 2.81. The Labute approximate surface area is 103 Å². The third-order valence-electron chi connectivity index (χ3n) is 1.83. The smallest absolute Gasteiger partial charge is 0.376 e. The SMILES string of the molecule is O=C(c1ccc(OS(=O)(=O)C(F)(F)F)cc1)C(F)F. The molecule has 10 heteroatoms. The van der Waals surface area contributed by atoms with Crippen molar-refractivity contribution in [2.75, 3.05) is 0 Å². The number of carbonyl (C=O) groups excluding carboxylic acids is 1. The number of ketones is 1. The van der Waals surface area contributed by atoms with Crippen LogP contribution in [0.1, 0.15) is 10.4 Å². The Morgan fingerprint density at radius 2 is 1.58 bits per heavy atom. The van der Waals surface area contributed by atoms with Gasteiger partial charge in [0.25, 0.3) is 0 Å². The Hall–Kier alpha value is -1.71. The van der Waals surface area contributed by atoms with Crippen LogP contribution in [-0.4, -0.2) is 26.1 Å². The maximum Gasteiger partial charge on any atom is 0.534 e. The molecule has 0 saturated heterocycles. The Kier molecular flexibility index (Phi) is 4.13. The van der Waals surface area contributed by atoms with Crippen molar-refractivity contribution in [3.63, 3.8) is 0 Å². The van der Waals surface area contributed by atoms with Crippen LogP contribution in [0.25, 0.3) is 0 Å². The molecule has 1 aromatic rings. The molecule has 0 unspecified atom stereocenters. The molecule has 0 spiro atoms. The first-order valence-electron chi connectivity index (χ1n) is 4.48. The Morgan fingerprint density at radius 3 is 1.95 bits per heavy atom. The monoisotopic (exact) mass is 304 g/mol. The first-order valence-corrected chi connectivity index (χ1v) is 5.88. The van der Waals surface area contributed by atoms with Crippen LogP contribution in [0.3, 0.4) is 0 Å². The van der Waals surface area contributed by atoms with Gasteiger partial charge in [0.2, 0.25) is 5.78 Å². The van der Waals surface area contributed by atoms with Crippen molar-refractivity contribution in [2.24, 2.45) is 0 Å². The maximum absolute atomic E-state index is 12.0. The molecule has 0 amide bonds. The van der Waals surface area contributed by atoms with Gasteiger partial charge in [-0.15, -0.1) is 0 Å². The van der Waals surface area contributed by atoms with E-state index in [-0.39, 0.29) is 0 Å². The molecule has 0 fully saturated rings. The summed E-state index contributed by atoms with van der Waals surface area (Å²) in [4.78, 5) is 10.8. The van der Waals surface area contributed by atoms with E-state index in [2.05, 4.69) is 4.18 Å². The van der Waals surface area contributed by atoms with E-state index in [1.54, 1.807) is 0 Å². The summed E-state index contributed by atoms with van der Waals surface area (Å²) in [6.07, 6.45) is -3.27. The van der Waals surface area contributed by atoms with Crippen molar-refractivity contribution in [1.29, 1.82) is 0 Å². The summed E-state index contributed by atoms with van der Waals surface area (Å²) in [6, 6.07) is 2.79. The van der Waals surface area contributed by atoms with Gasteiger partial charge in [-0.2, -0.15) is 21.6 Å². The van der Waals surface area contributed by atoms with Crippen LogP contribution in [-0.2, 0) is 10.1 Å². The van der Waals surface area contributed by atoms with Gasteiger partial charge in [-0.05, 0) is 24.3 Å². The lowest BCUT2D eigenvalue weighted by Gasteiger charge is -2.09. The molecule has 0 bridgehead atoms. The zero-order valence-electron chi connectivity index (χ0n) is 8.82. The standard InChI is InChI=1S/C9H5F5O4S/c10-8(11)7(15)5-1-3-6(4-2-5)18-19(16,17)9(12,13)14/h1-4,8H. The van der Waals surface area contributed by atoms with Crippen LogP contribution in [0, 0.1) is 0 Å². The van der Waals surface area contributed by atoms with Crippen LogP contribution in [0.2, 0.25) is 0 Å². The minimum Gasteiger partial charge on any atom is -0.376 e. The van der Waals surface area contributed by atoms with Gasteiger partial charge in [0.1, 0.15) is 5.75 Å². The quantitative estimate of drug-likeness (QED) is 0.371. The van der Waals surface area contributed by atoms with Gasteiger partial charge < -0.3 is 4.18 Å². The van der Waals surface area contributed by atoms with Gasteiger partial charge in [0, 0.05) is 5.56 Å². The number of carbonyl (C=O) groups is 1. The Morgan fingerprint density at radius 1 is 1.11 bits per heavy atom. The van der Waals surface area contributed by atoms with Gasteiger partial charge in [-0.3, -0.25) is 4.79 Å².